The molecule has 0 spiro atoms. The van der Waals surface area contributed by atoms with Crippen LogP contribution < -0.4 is 0 Å². The highest BCUT2D eigenvalue weighted by Crippen LogP contribution is 2.40. The molecule has 0 fully saturated rings. The van der Waals surface area contributed by atoms with Crippen LogP contribution >= 0.6 is 0 Å². The summed E-state index contributed by atoms with van der Waals surface area (Å²) < 4.78 is 1.82. The van der Waals surface area contributed by atoms with Gasteiger partial charge < -0.3 is 10.1 Å². The van der Waals surface area contributed by atoms with E-state index in [1.165, 1.54) is 0 Å². The number of benzene rings is 1. The van der Waals surface area contributed by atoms with Gasteiger partial charge in [0.2, 0.25) is 0 Å². The number of carbonyl (C=O) groups is 1. The first kappa shape index (κ1) is 20.4. The number of H-pyrrole nitrogens is 1. The van der Waals surface area contributed by atoms with Gasteiger partial charge in [-0.2, -0.15) is 9.61 Å². The Kier molecular flexibility index (Phi) is 4.58. The van der Waals surface area contributed by atoms with E-state index in [1.807, 2.05) is 84.6 Å². The van der Waals surface area contributed by atoms with Crippen molar-refractivity contribution in [2.24, 2.45) is 5.41 Å². The van der Waals surface area contributed by atoms with Crippen LogP contribution in [0.25, 0.3) is 44.6 Å². The van der Waals surface area contributed by atoms with Crippen molar-refractivity contribution in [3.8, 4) is 22.4 Å². The van der Waals surface area contributed by atoms with Crippen molar-refractivity contribution in [1.29, 1.82) is 0 Å². The summed E-state index contributed by atoms with van der Waals surface area (Å²) in [4.78, 5) is 24.7. The third-order valence-electron chi connectivity index (χ3n) is 6.86. The normalized spacial score (nSPS) is 18.3. The lowest BCUT2D eigenvalue weighted by atomic mass is 9.76. The van der Waals surface area contributed by atoms with Crippen molar-refractivity contribution < 1.29 is 9.90 Å². The second kappa shape index (κ2) is 7.66. The van der Waals surface area contributed by atoms with Gasteiger partial charge >= 0.3 is 5.97 Å². The average Bonchev–Trinajstić information content (AvgIpc) is 3.52. The Morgan fingerprint density at radius 2 is 1.94 bits per heavy atom. The van der Waals surface area contributed by atoms with Gasteiger partial charge in [0.05, 0.1) is 23.0 Å². The highest BCUT2D eigenvalue weighted by atomic mass is 16.4. The first-order valence-corrected chi connectivity index (χ1v) is 11.3. The van der Waals surface area contributed by atoms with E-state index in [4.69, 9.17) is 4.98 Å². The number of fused-ring (bicyclic) bond motifs is 3. The molecular formula is C27H23N5O2. The number of hydrogen-bond acceptors (Lipinski definition) is 4. The maximum atomic E-state index is 11.7. The minimum Gasteiger partial charge on any atom is -0.481 e. The Balaban J connectivity index is 1.45. The Labute approximate surface area is 195 Å². The molecule has 7 nitrogen and oxygen atoms in total. The molecule has 2 N–H and O–H groups in total. The summed E-state index contributed by atoms with van der Waals surface area (Å²) in [5, 5.41) is 15.2. The van der Waals surface area contributed by atoms with Crippen LogP contribution in [0.1, 0.15) is 31.9 Å². The number of carboxylic acids is 1. The lowest BCUT2D eigenvalue weighted by Gasteiger charge is -2.28. The second-order valence-electron chi connectivity index (χ2n) is 9.09. The molecule has 1 unspecified atom stereocenters. The fourth-order valence-electron chi connectivity index (χ4n) is 4.66. The molecule has 1 aliphatic rings. The topological polar surface area (TPSA) is 96.2 Å². The highest BCUT2D eigenvalue weighted by Gasteiger charge is 2.35. The third-order valence-corrected chi connectivity index (χ3v) is 6.86. The first-order valence-electron chi connectivity index (χ1n) is 11.3. The maximum Gasteiger partial charge on any atom is 0.309 e. The number of pyridine rings is 1. The number of aliphatic carboxylic acids is 1. The summed E-state index contributed by atoms with van der Waals surface area (Å²) in [5.74, 6) is -0.748. The minimum absolute atomic E-state index is 0.493. The molecular weight excluding hydrogens is 426 g/mol. The number of carboxylic acid groups (broad SMARTS) is 1. The maximum absolute atomic E-state index is 11.7. The van der Waals surface area contributed by atoms with Gasteiger partial charge in [-0.25, -0.2) is 4.98 Å². The fraction of sp³-hybridized carbons (Fsp3) is 0.185. The molecule has 7 heteroatoms. The van der Waals surface area contributed by atoms with Gasteiger partial charge in [0.15, 0.2) is 5.65 Å². The quantitative estimate of drug-likeness (QED) is 0.372. The SMILES string of the molecule is CC1(C(=O)O)CC=C(c2nc3c(-c4ccc(-c5ccccc5)nc4)cnn3c3[nH]ccc23)CC1. The zero-order chi connectivity index (χ0) is 23.3. The van der Waals surface area contributed by atoms with E-state index in [-0.39, 0.29) is 0 Å². The summed E-state index contributed by atoms with van der Waals surface area (Å²) in [5.41, 5.74) is 6.67. The molecule has 0 aliphatic heterocycles. The second-order valence-corrected chi connectivity index (χ2v) is 9.09. The van der Waals surface area contributed by atoms with Gasteiger partial charge in [0.1, 0.15) is 5.65 Å². The third kappa shape index (κ3) is 3.20. The van der Waals surface area contributed by atoms with E-state index in [9.17, 15) is 9.90 Å². The molecule has 34 heavy (non-hydrogen) atoms. The van der Waals surface area contributed by atoms with Crippen LogP contribution in [0.2, 0.25) is 0 Å². The van der Waals surface area contributed by atoms with Crippen LogP contribution in [0.5, 0.6) is 0 Å². The Morgan fingerprint density at radius 3 is 2.65 bits per heavy atom. The molecule has 0 radical (unpaired) electrons. The van der Waals surface area contributed by atoms with Crippen molar-refractivity contribution in [2.45, 2.75) is 26.2 Å². The Morgan fingerprint density at radius 1 is 1.09 bits per heavy atom. The van der Waals surface area contributed by atoms with Crippen molar-refractivity contribution in [3.05, 3.63) is 78.9 Å². The molecule has 4 heterocycles. The van der Waals surface area contributed by atoms with Crippen molar-refractivity contribution >= 4 is 28.2 Å². The number of rotatable bonds is 4. The monoisotopic (exact) mass is 449 g/mol. The fourth-order valence-corrected chi connectivity index (χ4v) is 4.66. The Bertz CT molecular complexity index is 1560. The van der Waals surface area contributed by atoms with E-state index >= 15 is 0 Å². The number of aromatic nitrogens is 5. The number of aromatic amines is 1. The molecule has 0 saturated heterocycles. The van der Waals surface area contributed by atoms with Gasteiger partial charge in [0.25, 0.3) is 0 Å². The standard InChI is InChI=1S/C27H23N5O2/c1-27(26(33)34)12-9-18(10-13-27)23-20-11-14-28-24(20)32-25(31-23)21(16-30-32)19-7-8-22(29-15-19)17-5-3-2-4-6-17/h2-9,11,14-16,28H,10,12-13H2,1H3,(H,33,34). The van der Waals surface area contributed by atoms with Gasteiger partial charge in [0, 0.05) is 34.5 Å². The van der Waals surface area contributed by atoms with Gasteiger partial charge in [-0.3, -0.25) is 9.78 Å². The summed E-state index contributed by atoms with van der Waals surface area (Å²) in [6.07, 6.45) is 9.35. The number of hydrogen-bond donors (Lipinski definition) is 2. The lowest BCUT2D eigenvalue weighted by Crippen LogP contribution is -2.29. The van der Waals surface area contributed by atoms with Gasteiger partial charge in [-0.05, 0) is 43.9 Å². The molecule has 168 valence electrons. The first-order chi connectivity index (χ1) is 16.5. The van der Waals surface area contributed by atoms with Crippen molar-refractivity contribution in [1.82, 2.24) is 24.6 Å². The number of nitrogens with one attached hydrogen (secondary N) is 1. The van der Waals surface area contributed by atoms with E-state index < -0.39 is 11.4 Å². The molecule has 4 aromatic heterocycles. The van der Waals surface area contributed by atoms with E-state index in [1.54, 1.807) is 0 Å². The largest absolute Gasteiger partial charge is 0.481 e. The van der Waals surface area contributed by atoms with Crippen LogP contribution in [-0.4, -0.2) is 35.6 Å². The van der Waals surface area contributed by atoms with Crippen LogP contribution in [0, 0.1) is 5.41 Å². The zero-order valence-electron chi connectivity index (χ0n) is 18.7. The number of allylic oxidation sites excluding steroid dienone is 2. The van der Waals surface area contributed by atoms with E-state index in [2.05, 4.69) is 15.1 Å². The minimum atomic E-state index is -0.748. The summed E-state index contributed by atoms with van der Waals surface area (Å²) in [7, 11) is 0. The molecule has 6 rings (SSSR count). The zero-order valence-corrected chi connectivity index (χ0v) is 18.7. The van der Waals surface area contributed by atoms with Crippen LogP contribution in [-0.2, 0) is 4.79 Å². The predicted octanol–water partition coefficient (Wildman–Crippen LogP) is 5.60. The molecule has 0 bridgehead atoms. The van der Waals surface area contributed by atoms with E-state index in [0.29, 0.717) is 19.3 Å². The summed E-state index contributed by atoms with van der Waals surface area (Å²) in [6, 6.07) is 16.1. The summed E-state index contributed by atoms with van der Waals surface area (Å²) >= 11 is 0. The molecule has 1 aliphatic carbocycles. The summed E-state index contributed by atoms with van der Waals surface area (Å²) in [6.45, 7) is 1.81. The highest BCUT2D eigenvalue weighted by molar-refractivity contribution is 5.93. The molecule has 0 amide bonds. The average molecular weight is 450 g/mol. The molecule has 5 aromatic rings. The van der Waals surface area contributed by atoms with E-state index in [0.717, 1.165) is 50.3 Å². The molecule has 1 atom stereocenters. The predicted molar refractivity (Wildman–Crippen MR) is 131 cm³/mol. The van der Waals surface area contributed by atoms with Gasteiger partial charge in [-0.15, -0.1) is 0 Å². The van der Waals surface area contributed by atoms with Crippen LogP contribution in [0.3, 0.4) is 0 Å². The lowest BCUT2D eigenvalue weighted by molar-refractivity contribution is -0.148. The molecule has 0 saturated carbocycles. The smallest absolute Gasteiger partial charge is 0.309 e. The van der Waals surface area contributed by atoms with Crippen LogP contribution in [0.15, 0.2) is 73.2 Å². The molecule has 1 aromatic carbocycles. The van der Waals surface area contributed by atoms with Gasteiger partial charge in [-0.1, -0.05) is 42.5 Å². The van der Waals surface area contributed by atoms with Crippen molar-refractivity contribution in [3.63, 3.8) is 0 Å². The van der Waals surface area contributed by atoms with Crippen molar-refractivity contribution in [2.75, 3.05) is 0 Å². The number of nitrogens with zero attached hydrogens (tertiary/aromatic N) is 4. The van der Waals surface area contributed by atoms with Crippen LogP contribution in [0.4, 0.5) is 0 Å². The Hall–Kier alpha value is -4.26.